The van der Waals surface area contributed by atoms with Gasteiger partial charge in [0.2, 0.25) is 5.95 Å². The van der Waals surface area contributed by atoms with E-state index in [0.29, 0.717) is 24.1 Å². The Kier molecular flexibility index (Phi) is 5.71. The molecule has 1 aromatic rings. The first-order chi connectivity index (χ1) is 13.6. The zero-order chi connectivity index (χ0) is 19.6. The molecule has 0 radical (unpaired) electrons. The number of rotatable bonds is 4. The van der Waals surface area contributed by atoms with Gasteiger partial charge in [-0.2, -0.15) is 0 Å². The van der Waals surface area contributed by atoms with Gasteiger partial charge in [0.1, 0.15) is 0 Å². The molecule has 28 heavy (non-hydrogen) atoms. The number of anilines is 1. The SMILES string of the molecule is CCN=C(NC1CCCN(c2ncccn2)C1)NC1C2CCCOC2C1(C)C. The van der Waals surface area contributed by atoms with Crippen molar-refractivity contribution in [3.05, 3.63) is 18.5 Å². The van der Waals surface area contributed by atoms with Crippen LogP contribution in [0.3, 0.4) is 0 Å². The highest BCUT2D eigenvalue weighted by Gasteiger charge is 2.58. The van der Waals surface area contributed by atoms with Crippen LogP contribution >= 0.6 is 0 Å². The number of nitrogens with zero attached hydrogens (tertiary/aromatic N) is 4. The van der Waals surface area contributed by atoms with Crippen LogP contribution in [0.2, 0.25) is 0 Å². The maximum atomic E-state index is 6.06. The number of fused-ring (bicyclic) bond motifs is 1. The molecule has 7 nitrogen and oxygen atoms in total. The van der Waals surface area contributed by atoms with Gasteiger partial charge < -0.3 is 20.3 Å². The van der Waals surface area contributed by atoms with E-state index in [1.165, 1.54) is 6.42 Å². The maximum Gasteiger partial charge on any atom is 0.225 e. The molecule has 1 saturated carbocycles. The van der Waals surface area contributed by atoms with Crippen LogP contribution in [0.4, 0.5) is 5.95 Å². The predicted octanol–water partition coefficient (Wildman–Crippen LogP) is 2.20. The van der Waals surface area contributed by atoms with Crippen LogP contribution in [0.1, 0.15) is 46.5 Å². The van der Waals surface area contributed by atoms with Gasteiger partial charge >= 0.3 is 0 Å². The van der Waals surface area contributed by atoms with E-state index in [9.17, 15) is 0 Å². The third-order valence-corrected chi connectivity index (χ3v) is 6.54. The Bertz CT molecular complexity index is 679. The molecule has 0 aromatic carbocycles. The fourth-order valence-corrected chi connectivity index (χ4v) is 5.18. The molecule has 2 saturated heterocycles. The van der Waals surface area contributed by atoms with E-state index < -0.39 is 0 Å². The van der Waals surface area contributed by atoms with Crippen LogP contribution in [-0.2, 0) is 4.74 Å². The number of ether oxygens (including phenoxy) is 1. The summed E-state index contributed by atoms with van der Waals surface area (Å²) < 4.78 is 6.06. The minimum atomic E-state index is 0.137. The van der Waals surface area contributed by atoms with Gasteiger partial charge in [-0.3, -0.25) is 4.99 Å². The largest absolute Gasteiger partial charge is 0.377 e. The third-order valence-electron chi connectivity index (χ3n) is 6.54. The maximum absolute atomic E-state index is 6.06. The van der Waals surface area contributed by atoms with E-state index in [0.717, 1.165) is 57.4 Å². The van der Waals surface area contributed by atoms with Gasteiger partial charge in [0, 0.05) is 62.1 Å². The molecule has 7 heteroatoms. The molecule has 4 rings (SSSR count). The molecule has 0 spiro atoms. The van der Waals surface area contributed by atoms with Crippen LogP contribution in [0.15, 0.2) is 23.5 Å². The van der Waals surface area contributed by atoms with Gasteiger partial charge in [0.15, 0.2) is 5.96 Å². The molecule has 2 N–H and O–H groups in total. The van der Waals surface area contributed by atoms with Gasteiger partial charge in [-0.05, 0) is 38.7 Å². The first kappa shape index (κ1) is 19.4. The summed E-state index contributed by atoms with van der Waals surface area (Å²) >= 11 is 0. The van der Waals surface area contributed by atoms with Crippen LogP contribution in [-0.4, -0.2) is 60.4 Å². The summed E-state index contributed by atoms with van der Waals surface area (Å²) in [6.45, 7) is 10.3. The Hall–Kier alpha value is -1.89. The topological polar surface area (TPSA) is 74.7 Å². The lowest BCUT2D eigenvalue weighted by molar-refractivity contribution is -0.188. The van der Waals surface area contributed by atoms with E-state index in [1.54, 1.807) is 0 Å². The molecule has 0 bridgehead atoms. The Labute approximate surface area is 168 Å². The van der Waals surface area contributed by atoms with Crippen molar-refractivity contribution in [1.82, 2.24) is 20.6 Å². The lowest BCUT2D eigenvalue weighted by atomic mass is 9.55. The molecule has 4 atom stereocenters. The van der Waals surface area contributed by atoms with Crippen molar-refractivity contribution >= 4 is 11.9 Å². The van der Waals surface area contributed by atoms with Crippen molar-refractivity contribution in [3.8, 4) is 0 Å². The summed E-state index contributed by atoms with van der Waals surface area (Å²) in [5.74, 6) is 2.34. The van der Waals surface area contributed by atoms with E-state index in [1.807, 2.05) is 18.5 Å². The number of hydrogen-bond acceptors (Lipinski definition) is 5. The Morgan fingerprint density at radius 2 is 2.07 bits per heavy atom. The Morgan fingerprint density at radius 3 is 2.86 bits per heavy atom. The standard InChI is InChI=1S/C21H34N6O/c1-4-22-19(26-17-16-9-6-13-28-18(16)21(17,2)3)25-15-8-5-12-27(14-15)20-23-10-7-11-24-20/h7,10-11,15-18H,4-6,8-9,12-14H2,1-3H3,(H2,22,25,26). The van der Waals surface area contributed by atoms with Crippen molar-refractivity contribution in [1.29, 1.82) is 0 Å². The monoisotopic (exact) mass is 386 g/mol. The van der Waals surface area contributed by atoms with Gasteiger partial charge in [-0.1, -0.05) is 13.8 Å². The average Bonchev–Trinajstić information content (AvgIpc) is 2.73. The second-order valence-electron chi connectivity index (χ2n) is 8.84. The molecule has 1 aliphatic carbocycles. The molecule has 4 unspecified atom stereocenters. The lowest BCUT2D eigenvalue weighted by Crippen LogP contribution is -2.71. The summed E-state index contributed by atoms with van der Waals surface area (Å²) in [6.07, 6.45) is 8.67. The van der Waals surface area contributed by atoms with E-state index in [4.69, 9.17) is 9.73 Å². The van der Waals surface area contributed by atoms with Crippen molar-refractivity contribution in [2.24, 2.45) is 16.3 Å². The fourth-order valence-electron chi connectivity index (χ4n) is 5.18. The minimum absolute atomic E-state index is 0.137. The first-order valence-electron chi connectivity index (χ1n) is 10.8. The fraction of sp³-hybridized carbons (Fsp3) is 0.762. The molecule has 3 aliphatic rings. The van der Waals surface area contributed by atoms with Gasteiger partial charge in [-0.25, -0.2) is 9.97 Å². The predicted molar refractivity (Wildman–Crippen MR) is 112 cm³/mol. The highest BCUT2D eigenvalue weighted by molar-refractivity contribution is 5.81. The molecule has 0 amide bonds. The second kappa shape index (κ2) is 8.23. The quantitative estimate of drug-likeness (QED) is 0.610. The van der Waals surface area contributed by atoms with Crippen molar-refractivity contribution in [2.45, 2.75) is 64.6 Å². The van der Waals surface area contributed by atoms with E-state index in [2.05, 4.69) is 46.3 Å². The number of guanidine groups is 1. The van der Waals surface area contributed by atoms with Crippen LogP contribution in [0.5, 0.6) is 0 Å². The molecular formula is C21H34N6O. The van der Waals surface area contributed by atoms with Crippen LogP contribution in [0.25, 0.3) is 0 Å². The summed E-state index contributed by atoms with van der Waals surface area (Å²) in [7, 11) is 0. The number of aliphatic imine (C=N–C) groups is 1. The number of piperidine rings is 1. The highest BCUT2D eigenvalue weighted by Crippen LogP contribution is 2.51. The molecule has 2 aliphatic heterocycles. The van der Waals surface area contributed by atoms with E-state index in [-0.39, 0.29) is 5.41 Å². The summed E-state index contributed by atoms with van der Waals surface area (Å²) in [4.78, 5) is 15.8. The van der Waals surface area contributed by atoms with Gasteiger partial charge in [-0.15, -0.1) is 0 Å². The normalized spacial score (nSPS) is 32.2. The summed E-state index contributed by atoms with van der Waals surface area (Å²) in [5, 5.41) is 7.44. The minimum Gasteiger partial charge on any atom is -0.377 e. The molecular weight excluding hydrogens is 352 g/mol. The molecule has 1 aromatic heterocycles. The zero-order valence-corrected chi connectivity index (χ0v) is 17.4. The lowest BCUT2D eigenvalue weighted by Gasteiger charge is -2.60. The van der Waals surface area contributed by atoms with Gasteiger partial charge in [0.05, 0.1) is 6.10 Å². The highest BCUT2D eigenvalue weighted by atomic mass is 16.5. The summed E-state index contributed by atoms with van der Waals surface area (Å²) in [5.41, 5.74) is 0.137. The number of hydrogen-bond donors (Lipinski definition) is 2. The van der Waals surface area contributed by atoms with E-state index >= 15 is 0 Å². The summed E-state index contributed by atoms with van der Waals surface area (Å²) in [6, 6.07) is 2.62. The molecule has 3 fully saturated rings. The first-order valence-corrected chi connectivity index (χ1v) is 10.8. The average molecular weight is 387 g/mol. The number of aromatic nitrogens is 2. The Morgan fingerprint density at radius 1 is 1.25 bits per heavy atom. The van der Waals surface area contributed by atoms with Crippen LogP contribution in [0, 0.1) is 11.3 Å². The molecule has 154 valence electrons. The third kappa shape index (κ3) is 3.81. The Balaban J connectivity index is 1.39. The number of nitrogens with one attached hydrogen (secondary N) is 2. The van der Waals surface area contributed by atoms with Crippen molar-refractivity contribution in [3.63, 3.8) is 0 Å². The van der Waals surface area contributed by atoms with Gasteiger partial charge in [0.25, 0.3) is 0 Å². The molecule has 3 heterocycles. The zero-order valence-electron chi connectivity index (χ0n) is 17.4. The van der Waals surface area contributed by atoms with Crippen LogP contribution < -0.4 is 15.5 Å². The second-order valence-corrected chi connectivity index (χ2v) is 8.84. The van der Waals surface area contributed by atoms with Crippen molar-refractivity contribution < 1.29 is 4.74 Å². The smallest absolute Gasteiger partial charge is 0.225 e. The van der Waals surface area contributed by atoms with Crippen molar-refractivity contribution in [2.75, 3.05) is 31.1 Å².